The van der Waals surface area contributed by atoms with Crippen LogP contribution in [-0.2, 0) is 32.0 Å². The molecular formula is C25H32N2O7. The number of rotatable bonds is 15. The first-order valence-corrected chi connectivity index (χ1v) is 11.1. The van der Waals surface area contributed by atoms with Gasteiger partial charge >= 0.3 is 11.9 Å². The lowest BCUT2D eigenvalue weighted by Crippen LogP contribution is -2.52. The molecule has 0 fully saturated rings. The van der Waals surface area contributed by atoms with Gasteiger partial charge < -0.3 is 30.3 Å². The van der Waals surface area contributed by atoms with Gasteiger partial charge in [-0.2, -0.15) is 0 Å². The van der Waals surface area contributed by atoms with Gasteiger partial charge in [0, 0.05) is 6.42 Å². The summed E-state index contributed by atoms with van der Waals surface area (Å²) in [6.07, 6.45) is 1.21. The number of ether oxygens (including phenoxy) is 2. The molecule has 0 spiro atoms. The molecule has 2 aromatic carbocycles. The van der Waals surface area contributed by atoms with E-state index in [0.717, 1.165) is 11.1 Å². The Labute approximate surface area is 199 Å². The summed E-state index contributed by atoms with van der Waals surface area (Å²) in [5, 5.41) is 23.7. The van der Waals surface area contributed by atoms with Gasteiger partial charge in [0.15, 0.2) is 0 Å². The topological polar surface area (TPSA) is 134 Å². The molecule has 4 N–H and O–H groups in total. The minimum atomic E-state index is -1.12. The standard InChI is InChI=1S/C25H32N2O7/c1-33-25(32)22(16-19-6-3-2-4-7-19)27-24(31)21(17-23(29)30)26-13-5-8-18-9-11-20(12-10-18)34-15-14-28/h2-4,6-7,9-12,21-22,26,28H,5,8,13-17H2,1H3,(H,27,31)(H,29,30)/t21-,22-/m0/s1. The van der Waals surface area contributed by atoms with Gasteiger partial charge in [0.1, 0.15) is 18.4 Å². The molecule has 0 heterocycles. The van der Waals surface area contributed by atoms with Crippen molar-refractivity contribution in [2.45, 2.75) is 37.8 Å². The molecule has 1 amide bonds. The normalized spacial score (nSPS) is 12.4. The summed E-state index contributed by atoms with van der Waals surface area (Å²) < 4.78 is 10.1. The number of carboxylic acids is 1. The van der Waals surface area contributed by atoms with Gasteiger partial charge in [0.25, 0.3) is 0 Å². The highest BCUT2D eigenvalue weighted by Crippen LogP contribution is 2.13. The van der Waals surface area contributed by atoms with Gasteiger partial charge in [-0.1, -0.05) is 42.5 Å². The van der Waals surface area contributed by atoms with Gasteiger partial charge in [0.05, 0.1) is 26.2 Å². The van der Waals surface area contributed by atoms with E-state index < -0.39 is 36.4 Å². The van der Waals surface area contributed by atoms with Crippen LogP contribution in [-0.4, -0.2) is 67.0 Å². The van der Waals surface area contributed by atoms with Gasteiger partial charge in [0.2, 0.25) is 5.91 Å². The summed E-state index contributed by atoms with van der Waals surface area (Å²) in [5.74, 6) is -1.62. The summed E-state index contributed by atoms with van der Waals surface area (Å²) in [6.45, 7) is 0.597. The molecule has 0 aliphatic heterocycles. The fraction of sp³-hybridized carbons (Fsp3) is 0.400. The zero-order valence-corrected chi connectivity index (χ0v) is 19.2. The van der Waals surface area contributed by atoms with E-state index in [1.807, 2.05) is 54.6 Å². The lowest BCUT2D eigenvalue weighted by molar-refractivity contribution is -0.145. The van der Waals surface area contributed by atoms with Crippen LogP contribution in [0.5, 0.6) is 5.75 Å². The summed E-state index contributed by atoms with van der Waals surface area (Å²) in [7, 11) is 1.24. The third-order valence-electron chi connectivity index (χ3n) is 5.10. The maximum Gasteiger partial charge on any atom is 0.328 e. The Morgan fingerprint density at radius 2 is 1.68 bits per heavy atom. The number of hydrogen-bond acceptors (Lipinski definition) is 7. The number of aryl methyl sites for hydroxylation is 1. The van der Waals surface area contributed by atoms with Crippen molar-refractivity contribution in [1.82, 2.24) is 10.6 Å². The number of aliphatic carboxylic acids is 1. The number of methoxy groups -OCH3 is 1. The first-order chi connectivity index (χ1) is 16.4. The zero-order valence-electron chi connectivity index (χ0n) is 19.2. The van der Waals surface area contributed by atoms with E-state index >= 15 is 0 Å². The van der Waals surface area contributed by atoms with Crippen LogP contribution in [0.25, 0.3) is 0 Å². The molecule has 0 aromatic heterocycles. The molecule has 2 rings (SSSR count). The zero-order chi connectivity index (χ0) is 24.8. The lowest BCUT2D eigenvalue weighted by Gasteiger charge is -2.21. The number of hydrogen-bond donors (Lipinski definition) is 4. The number of carboxylic acid groups (broad SMARTS) is 1. The van der Waals surface area contributed by atoms with Crippen LogP contribution in [0.2, 0.25) is 0 Å². The molecule has 184 valence electrons. The Balaban J connectivity index is 1.90. The summed E-state index contributed by atoms with van der Waals surface area (Å²) >= 11 is 0. The smallest absolute Gasteiger partial charge is 0.328 e. The first kappa shape index (κ1) is 26.8. The molecule has 2 atom stereocenters. The Hall–Kier alpha value is -3.43. The molecular weight excluding hydrogens is 440 g/mol. The average Bonchev–Trinajstić information content (AvgIpc) is 2.84. The van der Waals surface area contributed by atoms with E-state index in [1.54, 1.807) is 0 Å². The molecule has 0 unspecified atom stereocenters. The third kappa shape index (κ3) is 9.60. The van der Waals surface area contributed by atoms with Gasteiger partial charge in [-0.25, -0.2) is 4.79 Å². The molecule has 2 aromatic rings. The van der Waals surface area contributed by atoms with Gasteiger partial charge in [-0.15, -0.1) is 0 Å². The molecule has 0 aliphatic carbocycles. The minimum absolute atomic E-state index is 0.0505. The largest absolute Gasteiger partial charge is 0.491 e. The summed E-state index contributed by atoms with van der Waals surface area (Å²) in [4.78, 5) is 36.3. The molecule has 0 radical (unpaired) electrons. The highest BCUT2D eigenvalue weighted by atomic mass is 16.5. The highest BCUT2D eigenvalue weighted by Gasteiger charge is 2.27. The van der Waals surface area contributed by atoms with Gasteiger partial charge in [-0.05, 0) is 42.6 Å². The number of nitrogens with one attached hydrogen (secondary N) is 2. The van der Waals surface area contributed by atoms with Crippen LogP contribution in [0, 0.1) is 0 Å². The van der Waals surface area contributed by atoms with Crippen molar-refractivity contribution in [3.8, 4) is 5.75 Å². The van der Waals surface area contributed by atoms with E-state index in [9.17, 15) is 19.5 Å². The second-order valence-corrected chi connectivity index (χ2v) is 7.70. The number of aliphatic hydroxyl groups is 1. The van der Waals surface area contributed by atoms with Crippen LogP contribution >= 0.6 is 0 Å². The second kappa shape index (κ2) is 14.7. The van der Waals surface area contributed by atoms with Crippen molar-refractivity contribution in [1.29, 1.82) is 0 Å². The van der Waals surface area contributed by atoms with Crippen molar-refractivity contribution >= 4 is 17.8 Å². The molecule has 0 aliphatic rings. The number of benzene rings is 2. The van der Waals surface area contributed by atoms with Crippen molar-refractivity contribution in [3.05, 3.63) is 65.7 Å². The van der Waals surface area contributed by atoms with Crippen molar-refractivity contribution in [3.63, 3.8) is 0 Å². The Morgan fingerprint density at radius 1 is 0.971 bits per heavy atom. The Morgan fingerprint density at radius 3 is 2.29 bits per heavy atom. The number of carbonyl (C=O) groups excluding carboxylic acids is 2. The van der Waals surface area contributed by atoms with Crippen molar-refractivity contribution in [2.24, 2.45) is 0 Å². The first-order valence-electron chi connectivity index (χ1n) is 11.1. The number of esters is 1. The average molecular weight is 473 g/mol. The van der Waals surface area contributed by atoms with Crippen molar-refractivity contribution in [2.75, 3.05) is 26.9 Å². The van der Waals surface area contributed by atoms with Crippen LogP contribution in [0.4, 0.5) is 0 Å². The highest BCUT2D eigenvalue weighted by molar-refractivity contribution is 5.90. The van der Waals surface area contributed by atoms with E-state index in [0.29, 0.717) is 25.1 Å². The molecule has 9 nitrogen and oxygen atoms in total. The lowest BCUT2D eigenvalue weighted by atomic mass is 10.0. The quantitative estimate of drug-likeness (QED) is 0.225. The van der Waals surface area contributed by atoms with Gasteiger partial charge in [-0.3, -0.25) is 9.59 Å². The third-order valence-corrected chi connectivity index (χ3v) is 5.10. The minimum Gasteiger partial charge on any atom is -0.491 e. The Kier molecular flexibility index (Phi) is 11.6. The molecule has 0 saturated heterocycles. The maximum absolute atomic E-state index is 12.8. The number of carbonyl (C=O) groups is 3. The fourth-order valence-electron chi connectivity index (χ4n) is 3.37. The predicted octanol–water partition coefficient (Wildman–Crippen LogP) is 1.32. The molecule has 0 bridgehead atoms. The molecule has 0 saturated carbocycles. The van der Waals surface area contributed by atoms with E-state index in [-0.39, 0.29) is 19.6 Å². The van der Waals surface area contributed by atoms with Crippen LogP contribution in [0.1, 0.15) is 24.0 Å². The summed E-state index contributed by atoms with van der Waals surface area (Å²) in [5.41, 5.74) is 1.90. The summed E-state index contributed by atoms with van der Waals surface area (Å²) in [6, 6.07) is 14.7. The van der Waals surface area contributed by atoms with E-state index in [1.165, 1.54) is 7.11 Å². The van der Waals surface area contributed by atoms with E-state index in [2.05, 4.69) is 10.6 Å². The van der Waals surface area contributed by atoms with Crippen LogP contribution in [0.15, 0.2) is 54.6 Å². The predicted molar refractivity (Wildman–Crippen MR) is 125 cm³/mol. The maximum atomic E-state index is 12.8. The number of amides is 1. The Bertz CT molecular complexity index is 903. The SMILES string of the molecule is COC(=O)[C@H](Cc1ccccc1)NC(=O)[C@H](CC(=O)O)NCCCc1ccc(OCCO)cc1. The van der Waals surface area contributed by atoms with Crippen LogP contribution in [0.3, 0.4) is 0 Å². The van der Waals surface area contributed by atoms with Crippen LogP contribution < -0.4 is 15.4 Å². The monoisotopic (exact) mass is 472 g/mol. The fourth-order valence-corrected chi connectivity index (χ4v) is 3.37. The number of aliphatic hydroxyl groups excluding tert-OH is 1. The molecule has 34 heavy (non-hydrogen) atoms. The van der Waals surface area contributed by atoms with E-state index in [4.69, 9.17) is 14.6 Å². The molecule has 9 heteroatoms. The second-order valence-electron chi connectivity index (χ2n) is 7.70. The van der Waals surface area contributed by atoms with Crippen molar-refractivity contribution < 1.29 is 34.1 Å².